The number of pyridine rings is 1. The molecule has 2 aromatic carbocycles. The molecule has 0 aliphatic carbocycles. The second-order valence-corrected chi connectivity index (χ2v) is 7.22. The second kappa shape index (κ2) is 7.65. The van der Waals surface area contributed by atoms with Crippen molar-refractivity contribution in [2.45, 2.75) is 13.1 Å². The third-order valence-electron chi connectivity index (χ3n) is 5.25. The number of nitrogens with zero attached hydrogens (tertiary/aromatic N) is 2. The molecule has 150 valence electrons. The molecule has 0 saturated heterocycles. The number of Topliss-reactive ketones (excluding diaryl/α,β-unsaturated/α-hetero) is 1. The van der Waals surface area contributed by atoms with Crippen LogP contribution in [0.4, 0.5) is 0 Å². The van der Waals surface area contributed by atoms with Crippen molar-refractivity contribution in [3.05, 3.63) is 88.9 Å². The Morgan fingerprint density at radius 2 is 2.07 bits per heavy atom. The Morgan fingerprint density at radius 1 is 1.17 bits per heavy atom. The third-order valence-corrected chi connectivity index (χ3v) is 5.25. The average molecular weight is 400 g/mol. The number of methoxy groups -OCH3 is 1. The molecule has 0 bridgehead atoms. The third kappa shape index (κ3) is 3.31. The van der Waals surface area contributed by atoms with Crippen molar-refractivity contribution in [3.63, 3.8) is 0 Å². The van der Waals surface area contributed by atoms with E-state index in [0.717, 1.165) is 28.2 Å². The van der Waals surface area contributed by atoms with Crippen molar-refractivity contribution < 1.29 is 19.0 Å². The van der Waals surface area contributed by atoms with Gasteiger partial charge < -0.3 is 14.2 Å². The lowest BCUT2D eigenvalue weighted by Gasteiger charge is -2.30. The maximum Gasteiger partial charge on any atom is 0.231 e. The molecular formula is C24H20N2O4. The molecule has 0 unspecified atom stereocenters. The van der Waals surface area contributed by atoms with Gasteiger partial charge in [0, 0.05) is 31.0 Å². The lowest BCUT2D eigenvalue weighted by atomic mass is 10.0. The lowest BCUT2D eigenvalue weighted by Crippen LogP contribution is -2.31. The average Bonchev–Trinajstić information content (AvgIpc) is 3.10. The summed E-state index contributed by atoms with van der Waals surface area (Å²) >= 11 is 0. The molecule has 3 aromatic rings. The van der Waals surface area contributed by atoms with Crippen LogP contribution in [0.3, 0.4) is 0 Å². The van der Waals surface area contributed by atoms with Gasteiger partial charge in [0.15, 0.2) is 5.76 Å². The highest BCUT2D eigenvalue weighted by Crippen LogP contribution is 2.42. The molecule has 0 spiro atoms. The summed E-state index contributed by atoms with van der Waals surface area (Å²) in [6.07, 6.45) is 5.11. The highest BCUT2D eigenvalue weighted by Gasteiger charge is 2.33. The number of para-hydroxylation sites is 1. The molecular weight excluding hydrogens is 380 g/mol. The monoisotopic (exact) mass is 400 g/mol. The van der Waals surface area contributed by atoms with Crippen LogP contribution in [0.25, 0.3) is 6.08 Å². The van der Waals surface area contributed by atoms with Crippen molar-refractivity contribution in [1.29, 1.82) is 0 Å². The summed E-state index contributed by atoms with van der Waals surface area (Å²) in [7, 11) is 1.67. The molecule has 2 aliphatic heterocycles. The number of hydrogen-bond donors (Lipinski definition) is 0. The van der Waals surface area contributed by atoms with Gasteiger partial charge >= 0.3 is 0 Å². The first-order valence-corrected chi connectivity index (χ1v) is 9.70. The molecule has 6 nitrogen and oxygen atoms in total. The Bertz CT molecular complexity index is 1140. The Morgan fingerprint density at radius 3 is 2.90 bits per heavy atom. The van der Waals surface area contributed by atoms with Crippen molar-refractivity contribution in [1.82, 2.24) is 9.88 Å². The molecule has 0 atom stereocenters. The van der Waals surface area contributed by atoms with E-state index < -0.39 is 0 Å². The van der Waals surface area contributed by atoms with Crippen LogP contribution < -0.4 is 14.2 Å². The van der Waals surface area contributed by atoms with Crippen molar-refractivity contribution >= 4 is 11.9 Å². The number of aromatic nitrogens is 1. The van der Waals surface area contributed by atoms with Crippen LogP contribution in [0.15, 0.2) is 66.7 Å². The second-order valence-electron chi connectivity index (χ2n) is 7.22. The number of allylic oxidation sites excluding steroid dienone is 1. The molecule has 0 radical (unpaired) electrons. The van der Waals surface area contributed by atoms with Gasteiger partial charge in [0.1, 0.15) is 24.0 Å². The normalized spacial score (nSPS) is 16.6. The summed E-state index contributed by atoms with van der Waals surface area (Å²) in [5.41, 5.74) is 3.34. The number of ether oxygens (including phenoxy) is 3. The lowest BCUT2D eigenvalue weighted by molar-refractivity contribution is 0.0865. The summed E-state index contributed by atoms with van der Waals surface area (Å²) in [6.45, 7) is 1.74. The number of ketones is 1. The first-order chi connectivity index (χ1) is 14.7. The Hall–Kier alpha value is -3.64. The fraction of sp³-hybridized carbons (Fsp3) is 0.167. The number of carbonyl (C=O) groups is 1. The zero-order valence-electron chi connectivity index (χ0n) is 16.5. The molecule has 0 fully saturated rings. The van der Waals surface area contributed by atoms with Crippen molar-refractivity contribution in [2.75, 3.05) is 13.8 Å². The minimum atomic E-state index is -0.126. The first kappa shape index (κ1) is 18.4. The summed E-state index contributed by atoms with van der Waals surface area (Å²) in [4.78, 5) is 19.1. The largest absolute Gasteiger partial charge is 0.496 e. The van der Waals surface area contributed by atoms with Crippen LogP contribution in [-0.2, 0) is 13.1 Å². The number of fused-ring (bicyclic) bond motifs is 3. The number of hydrogen-bond acceptors (Lipinski definition) is 6. The topological polar surface area (TPSA) is 60.9 Å². The van der Waals surface area contributed by atoms with Gasteiger partial charge in [-0.05, 0) is 35.9 Å². The molecule has 30 heavy (non-hydrogen) atoms. The smallest absolute Gasteiger partial charge is 0.231 e. The van der Waals surface area contributed by atoms with Crippen LogP contribution in [0.2, 0.25) is 0 Å². The van der Waals surface area contributed by atoms with E-state index in [2.05, 4.69) is 9.88 Å². The van der Waals surface area contributed by atoms with Gasteiger partial charge in [-0.2, -0.15) is 0 Å². The molecule has 2 aliphatic rings. The highest BCUT2D eigenvalue weighted by atomic mass is 16.5. The van der Waals surface area contributed by atoms with Crippen LogP contribution in [-0.4, -0.2) is 29.5 Å². The molecule has 0 amide bonds. The molecule has 0 N–H and O–H groups in total. The summed E-state index contributed by atoms with van der Waals surface area (Å²) in [6, 6.07) is 15.3. The van der Waals surface area contributed by atoms with E-state index in [9.17, 15) is 4.79 Å². The summed E-state index contributed by atoms with van der Waals surface area (Å²) in [5, 5.41) is 0. The van der Waals surface area contributed by atoms with Gasteiger partial charge in [0.05, 0.1) is 18.2 Å². The number of rotatable bonds is 4. The van der Waals surface area contributed by atoms with Gasteiger partial charge in [-0.3, -0.25) is 14.7 Å². The van der Waals surface area contributed by atoms with Crippen molar-refractivity contribution in [3.8, 4) is 17.2 Å². The summed E-state index contributed by atoms with van der Waals surface area (Å²) < 4.78 is 17.4. The van der Waals surface area contributed by atoms with E-state index in [1.54, 1.807) is 31.6 Å². The molecule has 5 rings (SSSR count). The van der Waals surface area contributed by atoms with E-state index in [-0.39, 0.29) is 5.78 Å². The van der Waals surface area contributed by atoms with Crippen LogP contribution in [0.5, 0.6) is 17.2 Å². The van der Waals surface area contributed by atoms with Crippen LogP contribution in [0.1, 0.15) is 27.0 Å². The SMILES string of the molecule is COc1ccccc1CN1COc2ccc3c(c2C1)OC(=Cc1cccnc1)C3=O. The number of benzene rings is 2. The molecule has 1 aromatic heterocycles. The van der Waals surface area contributed by atoms with Gasteiger partial charge in [0.2, 0.25) is 5.78 Å². The first-order valence-electron chi connectivity index (χ1n) is 9.70. The van der Waals surface area contributed by atoms with E-state index in [1.807, 2.05) is 42.5 Å². The van der Waals surface area contributed by atoms with E-state index in [0.29, 0.717) is 36.9 Å². The van der Waals surface area contributed by atoms with E-state index in [4.69, 9.17) is 14.2 Å². The fourth-order valence-electron chi connectivity index (χ4n) is 3.79. The predicted octanol–water partition coefficient (Wildman–Crippen LogP) is 4.06. The maximum atomic E-state index is 12.9. The fourth-order valence-corrected chi connectivity index (χ4v) is 3.79. The zero-order chi connectivity index (χ0) is 20.5. The van der Waals surface area contributed by atoms with Crippen LogP contribution in [0, 0.1) is 0 Å². The maximum absolute atomic E-state index is 12.9. The minimum Gasteiger partial charge on any atom is -0.496 e. The van der Waals surface area contributed by atoms with E-state index >= 15 is 0 Å². The zero-order valence-corrected chi connectivity index (χ0v) is 16.5. The predicted molar refractivity (Wildman–Crippen MR) is 111 cm³/mol. The molecule has 6 heteroatoms. The summed E-state index contributed by atoms with van der Waals surface area (Å²) in [5.74, 6) is 2.35. The standard InChI is InChI=1S/C24H20N2O4/c1-28-20-7-3-2-6-17(20)13-26-14-19-21(29-15-26)9-8-18-23(27)22(30-24(18)19)11-16-5-4-10-25-12-16/h2-12H,13-15H2,1H3. The van der Waals surface area contributed by atoms with Gasteiger partial charge in [-0.1, -0.05) is 24.3 Å². The molecule has 3 heterocycles. The molecule has 0 saturated carbocycles. The van der Waals surface area contributed by atoms with Crippen molar-refractivity contribution in [2.24, 2.45) is 0 Å². The minimum absolute atomic E-state index is 0.126. The van der Waals surface area contributed by atoms with E-state index in [1.165, 1.54) is 0 Å². The highest BCUT2D eigenvalue weighted by molar-refractivity contribution is 6.15. The number of carbonyl (C=O) groups excluding carboxylic acids is 1. The Kier molecular flexibility index (Phi) is 4.69. The Balaban J connectivity index is 1.43. The van der Waals surface area contributed by atoms with Gasteiger partial charge in [-0.25, -0.2) is 0 Å². The Labute approximate surface area is 174 Å². The van der Waals surface area contributed by atoms with Gasteiger partial charge in [-0.15, -0.1) is 0 Å². The van der Waals surface area contributed by atoms with Gasteiger partial charge in [0.25, 0.3) is 0 Å². The quantitative estimate of drug-likeness (QED) is 0.616. The van der Waals surface area contributed by atoms with Crippen LogP contribution >= 0.6 is 0 Å².